The van der Waals surface area contributed by atoms with Crippen molar-refractivity contribution in [2.24, 2.45) is 5.92 Å². The number of benzene rings is 1. The highest BCUT2D eigenvalue weighted by molar-refractivity contribution is 5.85. The minimum absolute atomic E-state index is 0. The Morgan fingerprint density at radius 1 is 1.42 bits per heavy atom. The molecule has 0 aromatic heterocycles. The van der Waals surface area contributed by atoms with E-state index in [0.29, 0.717) is 18.9 Å². The van der Waals surface area contributed by atoms with E-state index in [1.165, 1.54) is 11.1 Å². The molecule has 0 bridgehead atoms. The smallest absolute Gasteiger partial charge is 0.220 e. The number of rotatable bonds is 4. The maximum absolute atomic E-state index is 11.7. The average molecular weight is 283 g/mol. The van der Waals surface area contributed by atoms with Gasteiger partial charge in [-0.3, -0.25) is 4.79 Å². The Kier molecular flexibility index (Phi) is 6.32. The monoisotopic (exact) mass is 282 g/mol. The van der Waals surface area contributed by atoms with Crippen LogP contribution in [0, 0.1) is 5.92 Å². The fourth-order valence-corrected chi connectivity index (χ4v) is 2.43. The zero-order valence-corrected chi connectivity index (χ0v) is 12.4. The molecule has 1 heterocycles. The molecule has 0 aliphatic carbocycles. The molecule has 0 spiro atoms. The Hall–Kier alpha value is -1.06. The molecule has 1 unspecified atom stereocenters. The lowest BCUT2D eigenvalue weighted by atomic mass is 9.94. The molecule has 1 aliphatic heterocycles. The minimum atomic E-state index is 0. The topological polar surface area (TPSA) is 41.1 Å². The van der Waals surface area contributed by atoms with Gasteiger partial charge in [-0.2, -0.15) is 0 Å². The van der Waals surface area contributed by atoms with Crippen molar-refractivity contribution in [2.45, 2.75) is 32.7 Å². The van der Waals surface area contributed by atoms with Crippen molar-refractivity contribution in [3.63, 3.8) is 0 Å². The van der Waals surface area contributed by atoms with Gasteiger partial charge in [0.05, 0.1) is 0 Å². The second kappa shape index (κ2) is 7.51. The Morgan fingerprint density at radius 2 is 2.16 bits per heavy atom. The normalized spacial score (nSPS) is 17.5. The van der Waals surface area contributed by atoms with E-state index in [9.17, 15) is 4.79 Å². The molecule has 2 rings (SSSR count). The fourth-order valence-electron chi connectivity index (χ4n) is 2.43. The van der Waals surface area contributed by atoms with Crippen LogP contribution in [0.25, 0.3) is 0 Å². The van der Waals surface area contributed by atoms with Crippen molar-refractivity contribution in [3.05, 3.63) is 35.4 Å². The second-order valence-electron chi connectivity index (χ2n) is 5.36. The SMILES string of the molecule is CC(C)CC(=O)NCC1NCCc2ccccc21.Cl. The van der Waals surface area contributed by atoms with E-state index >= 15 is 0 Å². The number of carbonyl (C=O) groups excluding carboxylic acids is 1. The lowest BCUT2D eigenvalue weighted by Crippen LogP contribution is -2.39. The number of fused-ring (bicyclic) bond motifs is 1. The first-order valence-corrected chi connectivity index (χ1v) is 6.74. The molecule has 3 nitrogen and oxygen atoms in total. The van der Waals surface area contributed by atoms with Crippen LogP contribution in [-0.2, 0) is 11.2 Å². The summed E-state index contributed by atoms with van der Waals surface area (Å²) in [7, 11) is 0. The lowest BCUT2D eigenvalue weighted by Gasteiger charge is -2.27. The van der Waals surface area contributed by atoms with Crippen molar-refractivity contribution >= 4 is 18.3 Å². The molecule has 0 saturated carbocycles. The molecule has 0 radical (unpaired) electrons. The van der Waals surface area contributed by atoms with Gasteiger partial charge in [0, 0.05) is 19.0 Å². The van der Waals surface area contributed by atoms with Gasteiger partial charge in [0.15, 0.2) is 0 Å². The van der Waals surface area contributed by atoms with Gasteiger partial charge in [-0.1, -0.05) is 38.1 Å². The van der Waals surface area contributed by atoms with Crippen LogP contribution in [0.4, 0.5) is 0 Å². The highest BCUT2D eigenvalue weighted by Gasteiger charge is 2.19. The molecule has 1 aliphatic rings. The maximum Gasteiger partial charge on any atom is 0.220 e. The van der Waals surface area contributed by atoms with Gasteiger partial charge in [-0.25, -0.2) is 0 Å². The average Bonchev–Trinajstić information content (AvgIpc) is 2.35. The number of carbonyl (C=O) groups is 1. The van der Waals surface area contributed by atoms with Gasteiger partial charge < -0.3 is 10.6 Å². The minimum Gasteiger partial charge on any atom is -0.354 e. The highest BCUT2D eigenvalue weighted by Crippen LogP contribution is 2.21. The Morgan fingerprint density at radius 3 is 2.89 bits per heavy atom. The van der Waals surface area contributed by atoms with Gasteiger partial charge in [0.2, 0.25) is 5.91 Å². The third-order valence-corrected chi connectivity index (χ3v) is 3.31. The number of halogens is 1. The van der Waals surface area contributed by atoms with E-state index in [0.717, 1.165) is 13.0 Å². The molecule has 1 aromatic carbocycles. The number of amides is 1. The second-order valence-corrected chi connectivity index (χ2v) is 5.36. The molecule has 2 N–H and O–H groups in total. The molecule has 1 atom stereocenters. The molecule has 0 saturated heterocycles. The predicted octanol–water partition coefficient (Wildman–Crippen LogP) is 2.46. The number of hydrogen-bond donors (Lipinski definition) is 2. The summed E-state index contributed by atoms with van der Waals surface area (Å²) in [6.45, 7) is 5.80. The van der Waals surface area contributed by atoms with E-state index in [1.807, 2.05) is 0 Å². The first kappa shape index (κ1) is 16.0. The van der Waals surface area contributed by atoms with E-state index < -0.39 is 0 Å². The van der Waals surface area contributed by atoms with Gasteiger partial charge in [0.25, 0.3) is 0 Å². The molecule has 0 fully saturated rings. The summed E-state index contributed by atoms with van der Waals surface area (Å²) in [5, 5.41) is 6.49. The molecular weight excluding hydrogens is 260 g/mol. The lowest BCUT2D eigenvalue weighted by molar-refractivity contribution is -0.121. The van der Waals surface area contributed by atoms with Crippen molar-refractivity contribution < 1.29 is 4.79 Å². The quantitative estimate of drug-likeness (QED) is 0.891. The standard InChI is InChI=1S/C15H22N2O.ClH/c1-11(2)9-15(18)17-10-14-13-6-4-3-5-12(13)7-8-16-14;/h3-6,11,14,16H,7-10H2,1-2H3,(H,17,18);1H. The molecule has 19 heavy (non-hydrogen) atoms. The summed E-state index contributed by atoms with van der Waals surface area (Å²) in [6.07, 6.45) is 1.68. The van der Waals surface area contributed by atoms with Crippen molar-refractivity contribution in [3.8, 4) is 0 Å². The summed E-state index contributed by atoms with van der Waals surface area (Å²) >= 11 is 0. The van der Waals surface area contributed by atoms with Crippen LogP contribution in [0.15, 0.2) is 24.3 Å². The third kappa shape index (κ3) is 4.51. The van der Waals surface area contributed by atoms with E-state index in [1.54, 1.807) is 0 Å². The zero-order chi connectivity index (χ0) is 13.0. The van der Waals surface area contributed by atoms with Crippen molar-refractivity contribution in [1.29, 1.82) is 0 Å². The van der Waals surface area contributed by atoms with Crippen LogP contribution < -0.4 is 10.6 Å². The summed E-state index contributed by atoms with van der Waals surface area (Å²) < 4.78 is 0. The molecule has 4 heteroatoms. The Balaban J connectivity index is 0.00000180. The van der Waals surface area contributed by atoms with Gasteiger partial charge in [0.1, 0.15) is 0 Å². The van der Waals surface area contributed by atoms with Gasteiger partial charge in [-0.15, -0.1) is 12.4 Å². The zero-order valence-electron chi connectivity index (χ0n) is 11.6. The largest absolute Gasteiger partial charge is 0.354 e. The maximum atomic E-state index is 11.7. The van der Waals surface area contributed by atoms with E-state index in [-0.39, 0.29) is 24.4 Å². The Labute approximate surface area is 121 Å². The first-order chi connectivity index (χ1) is 8.66. The summed E-state index contributed by atoms with van der Waals surface area (Å²) in [6, 6.07) is 8.73. The van der Waals surface area contributed by atoms with Crippen LogP contribution in [0.3, 0.4) is 0 Å². The van der Waals surface area contributed by atoms with E-state index in [2.05, 4.69) is 48.7 Å². The molecule has 1 amide bonds. The summed E-state index contributed by atoms with van der Waals surface area (Å²) in [5.41, 5.74) is 2.73. The Bertz CT molecular complexity index is 420. The predicted molar refractivity (Wildman–Crippen MR) is 80.6 cm³/mol. The molecular formula is C15H23ClN2O. The first-order valence-electron chi connectivity index (χ1n) is 6.74. The van der Waals surface area contributed by atoms with Crippen molar-refractivity contribution in [1.82, 2.24) is 10.6 Å². The third-order valence-electron chi connectivity index (χ3n) is 3.31. The highest BCUT2D eigenvalue weighted by atomic mass is 35.5. The van der Waals surface area contributed by atoms with Crippen LogP contribution in [0.5, 0.6) is 0 Å². The van der Waals surface area contributed by atoms with Crippen molar-refractivity contribution in [2.75, 3.05) is 13.1 Å². The molecule has 1 aromatic rings. The van der Waals surface area contributed by atoms with Gasteiger partial charge in [-0.05, 0) is 30.0 Å². The summed E-state index contributed by atoms with van der Waals surface area (Å²) in [5.74, 6) is 0.562. The number of nitrogens with one attached hydrogen (secondary N) is 2. The van der Waals surface area contributed by atoms with E-state index in [4.69, 9.17) is 0 Å². The number of hydrogen-bond acceptors (Lipinski definition) is 2. The van der Waals surface area contributed by atoms with Crippen LogP contribution in [0.2, 0.25) is 0 Å². The molecule has 106 valence electrons. The van der Waals surface area contributed by atoms with Crippen LogP contribution in [-0.4, -0.2) is 19.0 Å². The summed E-state index contributed by atoms with van der Waals surface area (Å²) in [4.78, 5) is 11.7. The van der Waals surface area contributed by atoms with Crippen LogP contribution >= 0.6 is 12.4 Å². The fraction of sp³-hybridized carbons (Fsp3) is 0.533. The van der Waals surface area contributed by atoms with Crippen LogP contribution in [0.1, 0.15) is 37.4 Å². The van der Waals surface area contributed by atoms with Gasteiger partial charge >= 0.3 is 0 Å².